The third-order valence-corrected chi connectivity index (χ3v) is 3.04. The Morgan fingerprint density at radius 2 is 1.78 bits per heavy atom. The second-order valence-corrected chi connectivity index (χ2v) is 4.46. The Kier molecular flexibility index (Phi) is 2.33. The molecule has 5 heteroatoms. The van der Waals surface area contributed by atoms with Gasteiger partial charge in [0.05, 0.1) is 0 Å². The van der Waals surface area contributed by atoms with Crippen molar-refractivity contribution in [2.24, 2.45) is 0 Å². The fourth-order valence-electron chi connectivity index (χ4n) is 2.03. The average Bonchev–Trinajstić information content (AvgIpc) is 2.89. The van der Waals surface area contributed by atoms with Crippen LogP contribution < -0.4 is 5.43 Å². The fourth-order valence-corrected chi connectivity index (χ4v) is 2.03. The zero-order chi connectivity index (χ0) is 12.7. The molecule has 0 unspecified atom stereocenters. The van der Waals surface area contributed by atoms with Gasteiger partial charge >= 0.3 is 0 Å². The van der Waals surface area contributed by atoms with Crippen molar-refractivity contribution in [2.75, 3.05) is 5.43 Å². The van der Waals surface area contributed by atoms with E-state index in [1.807, 2.05) is 43.8 Å². The highest BCUT2D eigenvalue weighted by atomic mass is 15.5. The molecule has 0 aliphatic rings. The first-order valence-electron chi connectivity index (χ1n) is 5.89. The zero-order valence-corrected chi connectivity index (χ0v) is 10.7. The van der Waals surface area contributed by atoms with Crippen LogP contribution in [0.1, 0.15) is 17.0 Å². The Labute approximate surface area is 105 Å². The molecule has 0 saturated carbocycles. The third-order valence-electron chi connectivity index (χ3n) is 3.04. The molecule has 92 valence electrons. The summed E-state index contributed by atoms with van der Waals surface area (Å²) in [7, 11) is 0. The molecule has 0 bridgehead atoms. The predicted octanol–water partition coefficient (Wildman–Crippen LogP) is 2.33. The van der Waals surface area contributed by atoms with E-state index in [0.717, 1.165) is 22.6 Å². The zero-order valence-electron chi connectivity index (χ0n) is 10.7. The van der Waals surface area contributed by atoms with Gasteiger partial charge in [0.1, 0.15) is 0 Å². The Balaban J connectivity index is 2.03. The van der Waals surface area contributed by atoms with E-state index < -0.39 is 0 Å². The first-order valence-corrected chi connectivity index (χ1v) is 5.89. The number of fused-ring (bicyclic) bond motifs is 1. The standard InChI is InChI=1S/C13H15N5/c1-9-5-4-8-17-12(9)14-13(15-17)16-18-10(2)6-7-11(18)3/h4-8H,1-3H3,(H,15,16). The molecule has 3 aromatic heterocycles. The van der Waals surface area contributed by atoms with Crippen LogP contribution in [0.15, 0.2) is 30.5 Å². The lowest BCUT2D eigenvalue weighted by Gasteiger charge is -2.08. The van der Waals surface area contributed by atoms with Gasteiger partial charge in [-0.3, -0.25) is 10.1 Å². The van der Waals surface area contributed by atoms with E-state index in [0.29, 0.717) is 5.95 Å². The van der Waals surface area contributed by atoms with Crippen LogP contribution in [-0.2, 0) is 0 Å². The van der Waals surface area contributed by atoms with Crippen LogP contribution in [0.5, 0.6) is 0 Å². The molecule has 3 rings (SSSR count). The quantitative estimate of drug-likeness (QED) is 0.749. The van der Waals surface area contributed by atoms with Gasteiger partial charge in [0, 0.05) is 17.6 Å². The maximum absolute atomic E-state index is 4.49. The minimum Gasteiger partial charge on any atom is -0.262 e. The SMILES string of the molecule is Cc1cccn2nc(Nn3c(C)ccc3C)nc12. The largest absolute Gasteiger partial charge is 0.262 e. The number of aromatic nitrogens is 4. The summed E-state index contributed by atoms with van der Waals surface area (Å²) >= 11 is 0. The van der Waals surface area contributed by atoms with Crippen molar-refractivity contribution in [1.29, 1.82) is 0 Å². The topological polar surface area (TPSA) is 47.1 Å². The maximum Gasteiger partial charge on any atom is 0.262 e. The van der Waals surface area contributed by atoms with E-state index >= 15 is 0 Å². The number of anilines is 1. The Hall–Kier alpha value is -2.30. The maximum atomic E-state index is 4.49. The molecule has 0 amide bonds. The second kappa shape index (κ2) is 3.87. The van der Waals surface area contributed by atoms with Crippen molar-refractivity contribution in [3.05, 3.63) is 47.4 Å². The normalized spacial score (nSPS) is 11.1. The summed E-state index contributed by atoms with van der Waals surface area (Å²) in [6.07, 6.45) is 1.90. The first kappa shape index (κ1) is 10.8. The monoisotopic (exact) mass is 241 g/mol. The van der Waals surface area contributed by atoms with E-state index in [-0.39, 0.29) is 0 Å². The van der Waals surface area contributed by atoms with Crippen LogP contribution in [-0.4, -0.2) is 19.3 Å². The molecule has 5 nitrogen and oxygen atoms in total. The number of aryl methyl sites for hydroxylation is 3. The molecule has 0 aliphatic heterocycles. The summed E-state index contributed by atoms with van der Waals surface area (Å²) < 4.78 is 3.76. The van der Waals surface area contributed by atoms with E-state index in [1.54, 1.807) is 4.52 Å². The number of pyridine rings is 1. The molecule has 3 aromatic rings. The van der Waals surface area contributed by atoms with Crippen molar-refractivity contribution < 1.29 is 0 Å². The molecule has 0 atom stereocenters. The van der Waals surface area contributed by atoms with Crippen LogP contribution in [0.2, 0.25) is 0 Å². The van der Waals surface area contributed by atoms with Crippen LogP contribution in [0.3, 0.4) is 0 Å². The van der Waals surface area contributed by atoms with Gasteiger partial charge in [-0.25, -0.2) is 4.52 Å². The highest BCUT2D eigenvalue weighted by Gasteiger charge is 2.07. The van der Waals surface area contributed by atoms with Crippen molar-refractivity contribution >= 4 is 11.6 Å². The van der Waals surface area contributed by atoms with Crippen LogP contribution in [0, 0.1) is 20.8 Å². The van der Waals surface area contributed by atoms with Gasteiger partial charge in [0.15, 0.2) is 5.65 Å². The van der Waals surface area contributed by atoms with Gasteiger partial charge in [-0.2, -0.15) is 4.98 Å². The van der Waals surface area contributed by atoms with Gasteiger partial charge in [-0.15, -0.1) is 5.10 Å². The third kappa shape index (κ3) is 1.64. The number of nitrogens with zero attached hydrogens (tertiary/aromatic N) is 4. The molecule has 0 spiro atoms. The van der Waals surface area contributed by atoms with E-state index in [2.05, 4.69) is 27.6 Å². The molecule has 1 N–H and O–H groups in total. The highest BCUT2D eigenvalue weighted by Crippen LogP contribution is 2.12. The summed E-state index contributed by atoms with van der Waals surface area (Å²) in [6.45, 7) is 6.11. The molecule has 3 heterocycles. The Bertz CT molecular complexity index is 688. The summed E-state index contributed by atoms with van der Waals surface area (Å²) in [4.78, 5) is 4.49. The number of hydrogen-bond acceptors (Lipinski definition) is 3. The fraction of sp³-hybridized carbons (Fsp3) is 0.231. The highest BCUT2D eigenvalue weighted by molar-refractivity contribution is 5.49. The number of nitrogens with one attached hydrogen (secondary N) is 1. The lowest BCUT2D eigenvalue weighted by molar-refractivity contribution is 0.848. The second-order valence-electron chi connectivity index (χ2n) is 4.46. The van der Waals surface area contributed by atoms with Crippen molar-refractivity contribution in [3.8, 4) is 0 Å². The van der Waals surface area contributed by atoms with Crippen molar-refractivity contribution in [1.82, 2.24) is 19.3 Å². The molecule has 0 aromatic carbocycles. The van der Waals surface area contributed by atoms with Gasteiger partial charge in [0.25, 0.3) is 5.95 Å². The molecule has 0 saturated heterocycles. The Morgan fingerprint density at radius 1 is 1.06 bits per heavy atom. The smallest absolute Gasteiger partial charge is 0.262 e. The van der Waals surface area contributed by atoms with E-state index in [1.165, 1.54) is 0 Å². The molecule has 0 aliphatic carbocycles. The van der Waals surface area contributed by atoms with Gasteiger partial charge in [-0.1, -0.05) is 6.07 Å². The number of rotatable bonds is 2. The Morgan fingerprint density at radius 3 is 2.44 bits per heavy atom. The number of hydrogen-bond donors (Lipinski definition) is 1. The lowest BCUT2D eigenvalue weighted by Crippen LogP contribution is -2.13. The molecular formula is C13H15N5. The van der Waals surface area contributed by atoms with Crippen molar-refractivity contribution in [2.45, 2.75) is 20.8 Å². The molecule has 0 fully saturated rings. The van der Waals surface area contributed by atoms with E-state index in [4.69, 9.17) is 0 Å². The summed E-state index contributed by atoms with van der Waals surface area (Å²) in [5, 5.41) is 4.40. The minimum absolute atomic E-state index is 0.603. The molecule has 18 heavy (non-hydrogen) atoms. The lowest BCUT2D eigenvalue weighted by atomic mass is 10.3. The van der Waals surface area contributed by atoms with Crippen LogP contribution >= 0.6 is 0 Å². The minimum atomic E-state index is 0.603. The summed E-state index contributed by atoms with van der Waals surface area (Å²) in [5.41, 5.74) is 7.45. The van der Waals surface area contributed by atoms with Gasteiger partial charge in [-0.05, 0) is 44.5 Å². The van der Waals surface area contributed by atoms with Crippen molar-refractivity contribution in [3.63, 3.8) is 0 Å². The summed E-state index contributed by atoms with van der Waals surface area (Å²) in [6, 6.07) is 8.11. The van der Waals surface area contributed by atoms with Crippen LogP contribution in [0.4, 0.5) is 5.95 Å². The van der Waals surface area contributed by atoms with Crippen LogP contribution in [0.25, 0.3) is 5.65 Å². The molecule has 0 radical (unpaired) electrons. The van der Waals surface area contributed by atoms with E-state index in [9.17, 15) is 0 Å². The predicted molar refractivity (Wildman–Crippen MR) is 70.7 cm³/mol. The summed E-state index contributed by atoms with van der Waals surface area (Å²) in [5.74, 6) is 0.603. The van der Waals surface area contributed by atoms with Gasteiger partial charge in [0.2, 0.25) is 0 Å². The van der Waals surface area contributed by atoms with Gasteiger partial charge < -0.3 is 0 Å². The molecular weight excluding hydrogens is 226 g/mol. The average molecular weight is 241 g/mol. The first-order chi connectivity index (χ1) is 8.65.